The third-order valence-electron chi connectivity index (χ3n) is 2.79. The summed E-state index contributed by atoms with van der Waals surface area (Å²) in [5.41, 5.74) is 6.64. The van der Waals surface area contributed by atoms with Crippen molar-refractivity contribution in [2.45, 2.75) is 46.0 Å². The molecule has 28 heavy (non-hydrogen) atoms. The zero-order chi connectivity index (χ0) is 21.4. The standard InChI is InChI=1S/C14H13F3N4O2.C4H11N/c1-9-10(2-3-12(21-9)23-8-14(15,16)17)6-20-13(22)11-7-18-4-5-19-11;1-4(2,3)5/h2-5,7H,6,8H2,1H3,(H,20,22);5H2,1-3H3. The molecule has 2 aromatic rings. The fraction of sp³-hybridized carbons (Fsp3) is 0.444. The molecular weight excluding hydrogens is 375 g/mol. The third kappa shape index (κ3) is 10.4. The monoisotopic (exact) mass is 399 g/mol. The maximum absolute atomic E-state index is 12.1. The van der Waals surface area contributed by atoms with Crippen molar-refractivity contribution in [3.63, 3.8) is 0 Å². The van der Waals surface area contributed by atoms with E-state index in [4.69, 9.17) is 5.73 Å². The number of amides is 1. The molecule has 2 heterocycles. The number of aryl methyl sites for hydroxylation is 1. The van der Waals surface area contributed by atoms with Gasteiger partial charge in [0, 0.05) is 36.2 Å². The summed E-state index contributed by atoms with van der Waals surface area (Å²) < 4.78 is 40.8. The number of aromatic nitrogens is 3. The molecule has 0 bridgehead atoms. The number of nitrogens with one attached hydrogen (secondary N) is 1. The highest BCUT2D eigenvalue weighted by molar-refractivity contribution is 5.91. The summed E-state index contributed by atoms with van der Waals surface area (Å²) in [6.45, 7) is 6.27. The van der Waals surface area contributed by atoms with Gasteiger partial charge in [-0.25, -0.2) is 9.97 Å². The van der Waals surface area contributed by atoms with Crippen molar-refractivity contribution in [2.75, 3.05) is 6.61 Å². The van der Waals surface area contributed by atoms with E-state index >= 15 is 0 Å². The van der Waals surface area contributed by atoms with Gasteiger partial charge in [-0.2, -0.15) is 13.2 Å². The van der Waals surface area contributed by atoms with E-state index in [0.29, 0.717) is 11.3 Å². The lowest BCUT2D eigenvalue weighted by atomic mass is 10.1. The summed E-state index contributed by atoms with van der Waals surface area (Å²) >= 11 is 0. The Hall–Kier alpha value is -2.75. The third-order valence-corrected chi connectivity index (χ3v) is 2.79. The Bertz CT molecular complexity index is 756. The van der Waals surface area contributed by atoms with E-state index < -0.39 is 18.7 Å². The van der Waals surface area contributed by atoms with Gasteiger partial charge in [-0.15, -0.1) is 0 Å². The van der Waals surface area contributed by atoms with Gasteiger partial charge >= 0.3 is 6.18 Å². The van der Waals surface area contributed by atoms with Crippen LogP contribution in [0.4, 0.5) is 13.2 Å². The molecule has 0 aliphatic heterocycles. The molecule has 0 unspecified atom stereocenters. The van der Waals surface area contributed by atoms with Gasteiger partial charge in [-0.05, 0) is 33.3 Å². The summed E-state index contributed by atoms with van der Waals surface area (Å²) in [6.07, 6.45) is -0.244. The molecule has 154 valence electrons. The van der Waals surface area contributed by atoms with Crippen LogP contribution >= 0.6 is 0 Å². The van der Waals surface area contributed by atoms with Crippen LogP contribution in [-0.4, -0.2) is 39.2 Å². The average molecular weight is 399 g/mol. The molecule has 2 rings (SSSR count). The molecule has 0 aromatic carbocycles. The molecular formula is C18H24F3N5O2. The molecule has 2 aromatic heterocycles. The van der Waals surface area contributed by atoms with Gasteiger partial charge in [0.1, 0.15) is 5.69 Å². The van der Waals surface area contributed by atoms with E-state index in [0.717, 1.165) is 0 Å². The Morgan fingerprint density at radius 2 is 1.86 bits per heavy atom. The van der Waals surface area contributed by atoms with Crippen LogP contribution in [0.25, 0.3) is 0 Å². The summed E-state index contributed by atoms with van der Waals surface area (Å²) in [6, 6.07) is 2.87. The quantitative estimate of drug-likeness (QED) is 0.801. The molecule has 1 amide bonds. The van der Waals surface area contributed by atoms with Gasteiger partial charge in [0.05, 0.1) is 6.20 Å². The Balaban J connectivity index is 0.000000696. The fourth-order valence-electron chi connectivity index (χ4n) is 1.67. The maximum Gasteiger partial charge on any atom is 0.422 e. The first-order valence-electron chi connectivity index (χ1n) is 8.34. The van der Waals surface area contributed by atoms with Crippen molar-refractivity contribution >= 4 is 5.91 Å². The van der Waals surface area contributed by atoms with E-state index in [1.807, 2.05) is 20.8 Å². The van der Waals surface area contributed by atoms with Gasteiger partial charge in [0.15, 0.2) is 6.61 Å². The summed E-state index contributed by atoms with van der Waals surface area (Å²) in [5.74, 6) is -0.529. The number of nitrogens with zero attached hydrogens (tertiary/aromatic N) is 3. The summed E-state index contributed by atoms with van der Waals surface area (Å²) in [7, 11) is 0. The van der Waals surface area contributed by atoms with Crippen molar-refractivity contribution in [3.05, 3.63) is 47.7 Å². The number of pyridine rings is 1. The average Bonchev–Trinajstić information content (AvgIpc) is 2.57. The number of halogens is 3. The van der Waals surface area contributed by atoms with Crippen LogP contribution in [0, 0.1) is 6.92 Å². The number of hydrogen-bond acceptors (Lipinski definition) is 6. The van der Waals surface area contributed by atoms with Gasteiger partial charge in [-0.3, -0.25) is 9.78 Å². The Labute approximate surface area is 161 Å². The molecule has 0 fully saturated rings. The van der Waals surface area contributed by atoms with Crippen LogP contribution in [0.3, 0.4) is 0 Å². The minimum atomic E-state index is -4.42. The zero-order valence-electron chi connectivity index (χ0n) is 16.2. The number of rotatable bonds is 5. The van der Waals surface area contributed by atoms with Crippen LogP contribution in [0.5, 0.6) is 5.88 Å². The molecule has 0 aliphatic rings. The molecule has 3 N–H and O–H groups in total. The summed E-state index contributed by atoms with van der Waals surface area (Å²) in [5, 5.41) is 2.63. The van der Waals surface area contributed by atoms with Crippen molar-refractivity contribution in [3.8, 4) is 5.88 Å². The van der Waals surface area contributed by atoms with Crippen molar-refractivity contribution in [1.29, 1.82) is 0 Å². The first-order chi connectivity index (χ1) is 12.8. The number of alkyl halides is 3. The predicted octanol–water partition coefficient (Wildman–Crippen LogP) is 2.79. The number of hydrogen-bond donors (Lipinski definition) is 2. The predicted molar refractivity (Wildman–Crippen MR) is 97.7 cm³/mol. The Morgan fingerprint density at radius 3 is 2.36 bits per heavy atom. The van der Waals surface area contributed by atoms with Crippen molar-refractivity contribution in [2.24, 2.45) is 5.73 Å². The van der Waals surface area contributed by atoms with Crippen LogP contribution in [-0.2, 0) is 6.54 Å². The second-order valence-corrected chi connectivity index (χ2v) is 6.94. The van der Waals surface area contributed by atoms with Crippen LogP contribution < -0.4 is 15.8 Å². The number of nitrogens with two attached hydrogens (primary N) is 1. The number of ether oxygens (including phenoxy) is 1. The smallest absolute Gasteiger partial charge is 0.422 e. The van der Waals surface area contributed by atoms with Crippen LogP contribution in [0.2, 0.25) is 0 Å². The first-order valence-corrected chi connectivity index (χ1v) is 8.34. The van der Waals surface area contributed by atoms with Gasteiger partial charge in [0.25, 0.3) is 5.91 Å². The maximum atomic E-state index is 12.1. The minimum Gasteiger partial charge on any atom is -0.468 e. The lowest BCUT2D eigenvalue weighted by Crippen LogP contribution is -2.26. The highest BCUT2D eigenvalue weighted by atomic mass is 19.4. The molecule has 0 saturated carbocycles. The van der Waals surface area contributed by atoms with Crippen LogP contribution in [0.15, 0.2) is 30.7 Å². The molecule has 0 spiro atoms. The topological polar surface area (TPSA) is 103 Å². The van der Waals surface area contributed by atoms with E-state index in [-0.39, 0.29) is 23.7 Å². The first kappa shape index (κ1) is 23.3. The van der Waals surface area contributed by atoms with Crippen LogP contribution in [0.1, 0.15) is 42.5 Å². The second-order valence-electron chi connectivity index (χ2n) is 6.94. The summed E-state index contributed by atoms with van der Waals surface area (Å²) in [4.78, 5) is 23.4. The van der Waals surface area contributed by atoms with Gasteiger partial charge in [-0.1, -0.05) is 6.07 Å². The molecule has 10 heteroatoms. The van der Waals surface area contributed by atoms with E-state index in [1.54, 1.807) is 13.0 Å². The lowest BCUT2D eigenvalue weighted by molar-refractivity contribution is -0.154. The van der Waals surface area contributed by atoms with E-state index in [1.165, 1.54) is 24.7 Å². The molecule has 0 saturated heterocycles. The highest BCUT2D eigenvalue weighted by Gasteiger charge is 2.28. The van der Waals surface area contributed by atoms with E-state index in [9.17, 15) is 18.0 Å². The largest absolute Gasteiger partial charge is 0.468 e. The number of carbonyl (C=O) groups is 1. The van der Waals surface area contributed by atoms with Gasteiger partial charge < -0.3 is 15.8 Å². The fourth-order valence-corrected chi connectivity index (χ4v) is 1.67. The normalized spacial score (nSPS) is 11.3. The van der Waals surface area contributed by atoms with Gasteiger partial charge in [0.2, 0.25) is 5.88 Å². The van der Waals surface area contributed by atoms with Crippen molar-refractivity contribution in [1.82, 2.24) is 20.3 Å². The number of carbonyl (C=O) groups excluding carboxylic acids is 1. The lowest BCUT2D eigenvalue weighted by Gasteiger charge is -2.11. The molecule has 0 atom stereocenters. The Morgan fingerprint density at radius 1 is 1.21 bits per heavy atom. The minimum absolute atomic E-state index is 0. The highest BCUT2D eigenvalue weighted by Crippen LogP contribution is 2.18. The van der Waals surface area contributed by atoms with E-state index in [2.05, 4.69) is 25.0 Å². The SMILES string of the molecule is CC(C)(C)N.Cc1nc(OCC(F)(F)F)ccc1CNC(=O)c1cnccn1. The molecule has 7 nitrogen and oxygen atoms in total. The molecule has 0 radical (unpaired) electrons. The van der Waals surface area contributed by atoms with Crippen molar-refractivity contribution < 1.29 is 22.7 Å². The Kier molecular flexibility index (Phi) is 8.30. The molecule has 0 aliphatic carbocycles. The zero-order valence-corrected chi connectivity index (χ0v) is 16.2. The second kappa shape index (κ2) is 9.98.